The average molecular weight is 310 g/mol. The minimum Gasteiger partial charge on any atom is -0.322 e. The van der Waals surface area contributed by atoms with E-state index in [1.165, 1.54) is 5.56 Å². The molecule has 2 aromatic carbocycles. The summed E-state index contributed by atoms with van der Waals surface area (Å²) in [6.45, 7) is 11.4. The zero-order chi connectivity index (χ0) is 16.8. The number of amides is 1. The summed E-state index contributed by atoms with van der Waals surface area (Å²) in [6.07, 6.45) is 0. The summed E-state index contributed by atoms with van der Waals surface area (Å²) in [6, 6.07) is 13.9. The number of rotatable bonds is 6. The van der Waals surface area contributed by atoms with Crippen LogP contribution in [0.25, 0.3) is 0 Å². The number of carbonyl (C=O) groups excluding carboxylic acids is 1. The van der Waals surface area contributed by atoms with Crippen LogP contribution >= 0.6 is 0 Å². The van der Waals surface area contributed by atoms with Gasteiger partial charge in [-0.25, -0.2) is 0 Å². The van der Waals surface area contributed by atoms with Gasteiger partial charge in [0.25, 0.3) is 5.91 Å². The second kappa shape index (κ2) is 7.93. The first kappa shape index (κ1) is 17.2. The molecule has 122 valence electrons. The van der Waals surface area contributed by atoms with Crippen molar-refractivity contribution in [2.45, 2.75) is 34.2 Å². The zero-order valence-electron chi connectivity index (χ0n) is 14.5. The molecule has 0 aromatic heterocycles. The molecule has 0 saturated heterocycles. The van der Waals surface area contributed by atoms with Crippen molar-refractivity contribution in [2.24, 2.45) is 0 Å². The fraction of sp³-hybridized carbons (Fsp3) is 0.350. The quantitative estimate of drug-likeness (QED) is 0.858. The van der Waals surface area contributed by atoms with Crippen molar-refractivity contribution in [3.8, 4) is 0 Å². The van der Waals surface area contributed by atoms with Gasteiger partial charge in [-0.05, 0) is 67.9 Å². The Hall–Kier alpha value is -2.13. The van der Waals surface area contributed by atoms with Crippen LogP contribution < -0.4 is 5.32 Å². The van der Waals surface area contributed by atoms with Gasteiger partial charge in [-0.1, -0.05) is 32.0 Å². The molecule has 23 heavy (non-hydrogen) atoms. The van der Waals surface area contributed by atoms with Crippen LogP contribution in [0.5, 0.6) is 0 Å². The van der Waals surface area contributed by atoms with Crippen LogP contribution in [-0.2, 0) is 6.54 Å². The van der Waals surface area contributed by atoms with E-state index in [-0.39, 0.29) is 5.91 Å². The lowest BCUT2D eigenvalue weighted by atomic mass is 10.1. The van der Waals surface area contributed by atoms with Gasteiger partial charge >= 0.3 is 0 Å². The van der Waals surface area contributed by atoms with Crippen LogP contribution in [0.3, 0.4) is 0 Å². The third kappa shape index (κ3) is 4.93. The van der Waals surface area contributed by atoms with Gasteiger partial charge in [-0.3, -0.25) is 9.69 Å². The first-order valence-electron chi connectivity index (χ1n) is 8.22. The maximum atomic E-state index is 12.4. The van der Waals surface area contributed by atoms with Crippen molar-refractivity contribution in [1.82, 2.24) is 4.90 Å². The standard InChI is InChI=1S/C20H26N2O/c1-5-22(6-2)14-17-7-9-18(10-8-17)20(23)21-19-12-15(3)11-16(4)13-19/h7-13H,5-6,14H2,1-4H3,(H,21,23). The summed E-state index contributed by atoms with van der Waals surface area (Å²) in [5.74, 6) is -0.0654. The molecule has 0 aliphatic heterocycles. The Balaban J connectivity index is 2.05. The van der Waals surface area contributed by atoms with Gasteiger partial charge in [0.15, 0.2) is 0 Å². The number of hydrogen-bond acceptors (Lipinski definition) is 2. The Morgan fingerprint density at radius 1 is 0.957 bits per heavy atom. The molecule has 2 aromatic rings. The van der Waals surface area contributed by atoms with E-state index < -0.39 is 0 Å². The first-order valence-corrected chi connectivity index (χ1v) is 8.22. The number of anilines is 1. The van der Waals surface area contributed by atoms with Crippen molar-refractivity contribution in [1.29, 1.82) is 0 Å². The Morgan fingerprint density at radius 2 is 1.52 bits per heavy atom. The van der Waals surface area contributed by atoms with E-state index in [1.54, 1.807) is 0 Å². The molecular weight excluding hydrogens is 284 g/mol. The molecule has 2 rings (SSSR count). The van der Waals surface area contributed by atoms with Gasteiger partial charge < -0.3 is 5.32 Å². The Labute approximate surface area is 139 Å². The van der Waals surface area contributed by atoms with Gasteiger partial charge in [0.05, 0.1) is 0 Å². The topological polar surface area (TPSA) is 32.3 Å². The second-order valence-electron chi connectivity index (χ2n) is 5.99. The lowest BCUT2D eigenvalue weighted by Gasteiger charge is -2.18. The highest BCUT2D eigenvalue weighted by Gasteiger charge is 2.07. The largest absolute Gasteiger partial charge is 0.322 e. The number of benzene rings is 2. The van der Waals surface area contributed by atoms with Gasteiger partial charge in [0.1, 0.15) is 0 Å². The molecule has 0 heterocycles. The third-order valence-electron chi connectivity index (χ3n) is 4.00. The molecule has 1 amide bonds. The summed E-state index contributed by atoms with van der Waals surface area (Å²) in [5, 5.41) is 2.97. The molecule has 0 aliphatic carbocycles. The first-order chi connectivity index (χ1) is 11.0. The highest BCUT2D eigenvalue weighted by molar-refractivity contribution is 6.04. The molecule has 0 spiro atoms. The van der Waals surface area contributed by atoms with Crippen LogP contribution in [0.15, 0.2) is 42.5 Å². The fourth-order valence-electron chi connectivity index (χ4n) is 2.72. The van der Waals surface area contributed by atoms with Crippen LogP contribution in [0.2, 0.25) is 0 Å². The maximum Gasteiger partial charge on any atom is 0.255 e. The Morgan fingerprint density at radius 3 is 2.04 bits per heavy atom. The SMILES string of the molecule is CCN(CC)Cc1ccc(C(=O)Nc2cc(C)cc(C)c2)cc1. The molecule has 1 N–H and O–H groups in total. The number of carbonyl (C=O) groups is 1. The Bertz CT molecular complexity index is 638. The molecule has 3 heteroatoms. The highest BCUT2D eigenvalue weighted by atomic mass is 16.1. The van der Waals surface area contributed by atoms with Crippen molar-refractivity contribution < 1.29 is 4.79 Å². The molecule has 0 aliphatic rings. The lowest BCUT2D eigenvalue weighted by molar-refractivity contribution is 0.102. The Kier molecular flexibility index (Phi) is 5.94. The van der Waals surface area contributed by atoms with Gasteiger partial charge in [0, 0.05) is 17.8 Å². The number of hydrogen-bond donors (Lipinski definition) is 1. The van der Waals surface area contributed by atoms with Crippen LogP contribution in [0.1, 0.15) is 40.9 Å². The molecule has 0 saturated carbocycles. The smallest absolute Gasteiger partial charge is 0.255 e. The zero-order valence-corrected chi connectivity index (χ0v) is 14.5. The van der Waals surface area contributed by atoms with Crippen LogP contribution in [0, 0.1) is 13.8 Å². The maximum absolute atomic E-state index is 12.4. The summed E-state index contributed by atoms with van der Waals surface area (Å²) in [4.78, 5) is 14.7. The number of aryl methyl sites for hydroxylation is 2. The predicted octanol–water partition coefficient (Wildman–Crippen LogP) is 4.40. The van der Waals surface area contributed by atoms with Crippen LogP contribution in [-0.4, -0.2) is 23.9 Å². The summed E-state index contributed by atoms with van der Waals surface area (Å²) in [7, 11) is 0. The summed E-state index contributed by atoms with van der Waals surface area (Å²) in [5.41, 5.74) is 5.06. The molecule has 0 fully saturated rings. The molecule has 3 nitrogen and oxygen atoms in total. The number of nitrogens with zero attached hydrogens (tertiary/aromatic N) is 1. The minimum atomic E-state index is -0.0654. The van der Waals surface area contributed by atoms with E-state index in [0.29, 0.717) is 5.56 Å². The van der Waals surface area contributed by atoms with E-state index in [2.05, 4.69) is 30.1 Å². The van der Waals surface area contributed by atoms with Gasteiger partial charge in [-0.2, -0.15) is 0 Å². The minimum absolute atomic E-state index is 0.0654. The van der Waals surface area contributed by atoms with Gasteiger partial charge in [-0.15, -0.1) is 0 Å². The average Bonchev–Trinajstić information content (AvgIpc) is 2.52. The predicted molar refractivity (Wildman–Crippen MR) is 96.9 cm³/mol. The second-order valence-corrected chi connectivity index (χ2v) is 5.99. The van der Waals surface area contributed by atoms with Crippen molar-refractivity contribution in [3.05, 3.63) is 64.7 Å². The lowest BCUT2D eigenvalue weighted by Crippen LogP contribution is -2.22. The molecule has 0 radical (unpaired) electrons. The van der Waals surface area contributed by atoms with E-state index in [9.17, 15) is 4.79 Å². The van der Waals surface area contributed by atoms with E-state index >= 15 is 0 Å². The van der Waals surface area contributed by atoms with Gasteiger partial charge in [0.2, 0.25) is 0 Å². The molecule has 0 unspecified atom stereocenters. The summed E-state index contributed by atoms with van der Waals surface area (Å²) < 4.78 is 0. The number of nitrogens with one attached hydrogen (secondary N) is 1. The van der Waals surface area contributed by atoms with Crippen molar-refractivity contribution in [3.63, 3.8) is 0 Å². The molecule has 0 bridgehead atoms. The van der Waals surface area contributed by atoms with Crippen LogP contribution in [0.4, 0.5) is 5.69 Å². The monoisotopic (exact) mass is 310 g/mol. The fourth-order valence-corrected chi connectivity index (χ4v) is 2.72. The van der Waals surface area contributed by atoms with E-state index in [1.807, 2.05) is 50.2 Å². The highest BCUT2D eigenvalue weighted by Crippen LogP contribution is 2.15. The molecular formula is C20H26N2O. The van der Waals surface area contributed by atoms with E-state index in [0.717, 1.165) is 36.4 Å². The third-order valence-corrected chi connectivity index (χ3v) is 4.00. The van der Waals surface area contributed by atoms with E-state index in [4.69, 9.17) is 0 Å². The molecule has 0 atom stereocenters. The van der Waals surface area contributed by atoms with Crippen molar-refractivity contribution >= 4 is 11.6 Å². The normalized spacial score (nSPS) is 10.8. The summed E-state index contributed by atoms with van der Waals surface area (Å²) >= 11 is 0. The van der Waals surface area contributed by atoms with Crippen molar-refractivity contribution in [2.75, 3.05) is 18.4 Å².